The highest BCUT2D eigenvalue weighted by Gasteiger charge is 2.23. The second-order valence-electron chi connectivity index (χ2n) is 6.27. The van der Waals surface area contributed by atoms with Crippen LogP contribution in [0.25, 0.3) is 0 Å². The number of anilines is 2. The summed E-state index contributed by atoms with van der Waals surface area (Å²) in [4.78, 5) is 27.7. The van der Waals surface area contributed by atoms with Gasteiger partial charge in [0, 0.05) is 31.9 Å². The summed E-state index contributed by atoms with van der Waals surface area (Å²) < 4.78 is 5.02. The van der Waals surface area contributed by atoms with Gasteiger partial charge in [0.25, 0.3) is 5.91 Å². The first kappa shape index (κ1) is 18.6. The fraction of sp³-hybridized carbons (Fsp3) is 0.368. The minimum atomic E-state index is -0.301. The molecule has 3 rings (SSSR count). The Hall–Kier alpha value is -3.16. The van der Waals surface area contributed by atoms with Gasteiger partial charge in [-0.15, -0.1) is 10.2 Å². The number of piperazine rings is 1. The Balaban J connectivity index is 1.56. The third-order valence-electron chi connectivity index (χ3n) is 4.32. The van der Waals surface area contributed by atoms with Crippen molar-refractivity contribution in [3.05, 3.63) is 47.7 Å². The van der Waals surface area contributed by atoms with Gasteiger partial charge in [0.05, 0.1) is 6.61 Å². The Morgan fingerprint density at radius 2 is 1.74 bits per heavy atom. The third-order valence-corrected chi connectivity index (χ3v) is 4.32. The molecule has 1 fully saturated rings. The zero-order valence-corrected chi connectivity index (χ0v) is 15.5. The van der Waals surface area contributed by atoms with Crippen molar-refractivity contribution in [2.24, 2.45) is 0 Å². The van der Waals surface area contributed by atoms with E-state index in [4.69, 9.17) is 4.74 Å². The van der Waals surface area contributed by atoms with Crippen molar-refractivity contribution in [3.8, 4) is 0 Å². The number of nitrogens with zero attached hydrogens (tertiary/aromatic N) is 4. The number of amides is 2. The van der Waals surface area contributed by atoms with Crippen molar-refractivity contribution in [3.63, 3.8) is 0 Å². The highest BCUT2D eigenvalue weighted by Crippen LogP contribution is 2.15. The van der Waals surface area contributed by atoms with E-state index < -0.39 is 0 Å². The van der Waals surface area contributed by atoms with E-state index in [9.17, 15) is 9.59 Å². The summed E-state index contributed by atoms with van der Waals surface area (Å²) >= 11 is 0. The van der Waals surface area contributed by atoms with Crippen molar-refractivity contribution in [1.82, 2.24) is 15.1 Å². The molecule has 0 spiro atoms. The molecule has 1 aliphatic rings. The minimum Gasteiger partial charge on any atom is -0.450 e. The molecular formula is C19H23N5O3. The number of rotatable bonds is 4. The van der Waals surface area contributed by atoms with Gasteiger partial charge in [-0.1, -0.05) is 17.7 Å². The van der Waals surface area contributed by atoms with Crippen molar-refractivity contribution < 1.29 is 14.3 Å². The van der Waals surface area contributed by atoms with Crippen LogP contribution in [0.1, 0.15) is 23.0 Å². The summed E-state index contributed by atoms with van der Waals surface area (Å²) in [7, 11) is 0. The average molecular weight is 369 g/mol. The Kier molecular flexibility index (Phi) is 5.85. The summed E-state index contributed by atoms with van der Waals surface area (Å²) in [6.45, 7) is 6.57. The smallest absolute Gasteiger partial charge is 0.409 e. The van der Waals surface area contributed by atoms with Crippen LogP contribution >= 0.6 is 0 Å². The largest absolute Gasteiger partial charge is 0.450 e. The molecule has 1 saturated heterocycles. The van der Waals surface area contributed by atoms with E-state index in [1.165, 1.54) is 0 Å². The van der Waals surface area contributed by atoms with E-state index in [-0.39, 0.29) is 17.7 Å². The van der Waals surface area contributed by atoms with E-state index in [0.29, 0.717) is 44.3 Å². The quantitative estimate of drug-likeness (QED) is 0.890. The molecule has 0 unspecified atom stereocenters. The lowest BCUT2D eigenvalue weighted by Gasteiger charge is -2.34. The SMILES string of the molecule is CCOC(=O)N1CCN(c2ccc(C(=O)Nc3ccc(C)cc3)nn2)CC1. The Morgan fingerprint density at radius 1 is 1.04 bits per heavy atom. The minimum absolute atomic E-state index is 0.254. The summed E-state index contributed by atoms with van der Waals surface area (Å²) in [6, 6.07) is 11.0. The normalized spacial score (nSPS) is 14.0. The molecule has 2 heterocycles. The van der Waals surface area contributed by atoms with Gasteiger partial charge < -0.3 is 19.9 Å². The Morgan fingerprint density at radius 3 is 2.33 bits per heavy atom. The van der Waals surface area contributed by atoms with Crippen molar-refractivity contribution in [2.75, 3.05) is 43.0 Å². The van der Waals surface area contributed by atoms with E-state index in [1.54, 1.807) is 24.0 Å². The van der Waals surface area contributed by atoms with Crippen LogP contribution < -0.4 is 10.2 Å². The zero-order valence-electron chi connectivity index (χ0n) is 15.5. The maximum atomic E-state index is 12.3. The Labute approximate surface area is 158 Å². The monoisotopic (exact) mass is 369 g/mol. The van der Waals surface area contributed by atoms with E-state index in [0.717, 1.165) is 5.56 Å². The molecule has 1 aliphatic heterocycles. The number of ether oxygens (including phenoxy) is 1. The molecule has 1 N–H and O–H groups in total. The lowest BCUT2D eigenvalue weighted by Crippen LogP contribution is -2.49. The number of carbonyl (C=O) groups excluding carboxylic acids is 2. The molecule has 0 atom stereocenters. The number of hydrogen-bond acceptors (Lipinski definition) is 6. The fourth-order valence-corrected chi connectivity index (χ4v) is 2.78. The molecule has 2 aromatic rings. The van der Waals surface area contributed by atoms with Crippen molar-refractivity contribution >= 4 is 23.5 Å². The highest BCUT2D eigenvalue weighted by molar-refractivity contribution is 6.02. The van der Waals surface area contributed by atoms with Gasteiger partial charge in [-0.25, -0.2) is 4.79 Å². The predicted molar refractivity (Wildman–Crippen MR) is 102 cm³/mol. The number of nitrogens with one attached hydrogen (secondary N) is 1. The average Bonchev–Trinajstić information content (AvgIpc) is 2.70. The fourth-order valence-electron chi connectivity index (χ4n) is 2.78. The summed E-state index contributed by atoms with van der Waals surface area (Å²) in [6.07, 6.45) is -0.286. The number of carbonyl (C=O) groups is 2. The second kappa shape index (κ2) is 8.48. The standard InChI is InChI=1S/C19H23N5O3/c1-3-27-19(26)24-12-10-23(11-13-24)17-9-8-16(21-22-17)18(25)20-15-6-4-14(2)5-7-15/h4-9H,3,10-13H2,1-2H3,(H,20,25). The molecule has 27 heavy (non-hydrogen) atoms. The maximum Gasteiger partial charge on any atom is 0.409 e. The number of aromatic nitrogens is 2. The molecular weight excluding hydrogens is 346 g/mol. The molecule has 0 saturated carbocycles. The van der Waals surface area contributed by atoms with Gasteiger partial charge in [-0.2, -0.15) is 0 Å². The summed E-state index contributed by atoms with van der Waals surface area (Å²) in [5.41, 5.74) is 2.09. The van der Waals surface area contributed by atoms with Crippen LogP contribution in [0.3, 0.4) is 0 Å². The highest BCUT2D eigenvalue weighted by atomic mass is 16.6. The first-order chi connectivity index (χ1) is 13.1. The van der Waals surface area contributed by atoms with Gasteiger partial charge in [-0.3, -0.25) is 4.79 Å². The van der Waals surface area contributed by atoms with Crippen molar-refractivity contribution in [1.29, 1.82) is 0 Å². The first-order valence-electron chi connectivity index (χ1n) is 8.95. The lowest BCUT2D eigenvalue weighted by atomic mass is 10.2. The molecule has 8 heteroatoms. The van der Waals surface area contributed by atoms with E-state index in [1.807, 2.05) is 36.1 Å². The molecule has 0 bridgehead atoms. The van der Waals surface area contributed by atoms with Crippen LogP contribution in [0, 0.1) is 6.92 Å². The van der Waals surface area contributed by atoms with Gasteiger partial charge in [0.2, 0.25) is 0 Å². The zero-order chi connectivity index (χ0) is 19.2. The van der Waals surface area contributed by atoms with Gasteiger partial charge in [0.15, 0.2) is 11.5 Å². The van der Waals surface area contributed by atoms with Crippen LogP contribution in [0.2, 0.25) is 0 Å². The van der Waals surface area contributed by atoms with E-state index in [2.05, 4.69) is 15.5 Å². The van der Waals surface area contributed by atoms with Crippen LogP contribution in [-0.2, 0) is 4.74 Å². The summed E-state index contributed by atoms with van der Waals surface area (Å²) in [5.74, 6) is 0.385. The molecule has 1 aromatic heterocycles. The second-order valence-corrected chi connectivity index (χ2v) is 6.27. The van der Waals surface area contributed by atoms with Crippen LogP contribution in [-0.4, -0.2) is 59.9 Å². The molecule has 0 radical (unpaired) electrons. The molecule has 0 aliphatic carbocycles. The third kappa shape index (κ3) is 4.72. The number of benzene rings is 1. The molecule has 1 aromatic carbocycles. The Bertz CT molecular complexity index is 784. The van der Waals surface area contributed by atoms with Gasteiger partial charge >= 0.3 is 6.09 Å². The molecule has 2 amide bonds. The maximum absolute atomic E-state index is 12.3. The molecule has 142 valence electrons. The van der Waals surface area contributed by atoms with Crippen LogP contribution in [0.15, 0.2) is 36.4 Å². The number of aryl methyl sites for hydroxylation is 1. The van der Waals surface area contributed by atoms with Crippen LogP contribution in [0.5, 0.6) is 0 Å². The van der Waals surface area contributed by atoms with Crippen LogP contribution in [0.4, 0.5) is 16.3 Å². The first-order valence-corrected chi connectivity index (χ1v) is 8.95. The predicted octanol–water partition coefficient (Wildman–Crippen LogP) is 2.32. The van der Waals surface area contributed by atoms with Crippen molar-refractivity contribution in [2.45, 2.75) is 13.8 Å². The summed E-state index contributed by atoms with van der Waals surface area (Å²) in [5, 5.41) is 11.0. The molecule has 8 nitrogen and oxygen atoms in total. The van der Waals surface area contributed by atoms with Gasteiger partial charge in [0.1, 0.15) is 0 Å². The van der Waals surface area contributed by atoms with Gasteiger partial charge in [-0.05, 0) is 38.1 Å². The lowest BCUT2D eigenvalue weighted by molar-refractivity contribution is 0.101. The van der Waals surface area contributed by atoms with E-state index >= 15 is 0 Å². The number of hydrogen-bond donors (Lipinski definition) is 1. The topological polar surface area (TPSA) is 87.7 Å².